The first-order valence-corrected chi connectivity index (χ1v) is 38.8. The van der Waals surface area contributed by atoms with E-state index in [4.69, 9.17) is 37.0 Å². The molecule has 7 atom stereocenters. The van der Waals surface area contributed by atoms with Crippen molar-refractivity contribution in [2.24, 2.45) is 23.7 Å². The van der Waals surface area contributed by atoms with Gasteiger partial charge in [-0.1, -0.05) is 287 Å². The van der Waals surface area contributed by atoms with Crippen molar-refractivity contribution >= 4 is 39.5 Å². The minimum atomic E-state index is -4.95. The fourth-order valence-corrected chi connectivity index (χ4v) is 11.8. The van der Waals surface area contributed by atoms with Gasteiger partial charge in [-0.2, -0.15) is 0 Å². The van der Waals surface area contributed by atoms with E-state index in [1.165, 1.54) is 128 Å². The molecule has 88 heavy (non-hydrogen) atoms. The second-order valence-electron chi connectivity index (χ2n) is 26.4. The lowest BCUT2D eigenvalue weighted by Gasteiger charge is -2.21. The zero-order valence-corrected chi connectivity index (χ0v) is 59.1. The summed E-state index contributed by atoms with van der Waals surface area (Å²) in [5.74, 6) is 0.803. The molecule has 0 spiro atoms. The number of carbonyl (C=O) groups is 4. The zero-order chi connectivity index (χ0) is 65.4. The fraction of sp³-hybridized carbons (Fsp3) is 0.942. The van der Waals surface area contributed by atoms with E-state index in [1.54, 1.807) is 0 Å². The van der Waals surface area contributed by atoms with Crippen molar-refractivity contribution in [1.82, 2.24) is 0 Å². The van der Waals surface area contributed by atoms with Crippen LogP contribution in [0.5, 0.6) is 0 Å². The van der Waals surface area contributed by atoms with E-state index < -0.39 is 97.5 Å². The van der Waals surface area contributed by atoms with Crippen LogP contribution in [0.3, 0.4) is 0 Å². The predicted molar refractivity (Wildman–Crippen MR) is 354 cm³/mol. The normalized spacial score (nSPS) is 14.9. The number of unbranched alkanes of at least 4 members (excludes halogenated alkanes) is 30. The van der Waals surface area contributed by atoms with E-state index in [0.717, 1.165) is 120 Å². The highest BCUT2D eigenvalue weighted by molar-refractivity contribution is 7.47. The highest BCUT2D eigenvalue weighted by Crippen LogP contribution is 2.45. The van der Waals surface area contributed by atoms with Crippen LogP contribution in [-0.4, -0.2) is 96.7 Å². The molecule has 0 fully saturated rings. The van der Waals surface area contributed by atoms with Crippen molar-refractivity contribution in [1.29, 1.82) is 0 Å². The Labute approximate surface area is 537 Å². The third kappa shape index (κ3) is 60.3. The first-order chi connectivity index (χ1) is 42.2. The number of rotatable bonds is 66. The van der Waals surface area contributed by atoms with Gasteiger partial charge in [0.1, 0.15) is 19.3 Å². The molecule has 4 unspecified atom stereocenters. The second-order valence-corrected chi connectivity index (χ2v) is 29.3. The summed E-state index contributed by atoms with van der Waals surface area (Å²) in [5, 5.41) is 10.6. The molecule has 0 aromatic carbocycles. The van der Waals surface area contributed by atoms with Crippen molar-refractivity contribution in [2.75, 3.05) is 39.6 Å². The molecule has 0 aromatic rings. The molecule has 522 valence electrons. The SMILES string of the molecule is CCC(C)CCCCCCCCC(=O)OC[C@H](COP(=O)(O)OC[C@H](O)COP(=O)(O)OC[C@@H](COC(=O)CCCCCCCCC(C)C)OC(=O)CCCCCCCCCCCCCCCCCCC(C)C)OC(=O)CCCCCCCCC(C)CC. The van der Waals surface area contributed by atoms with Gasteiger partial charge in [-0.15, -0.1) is 0 Å². The molecule has 0 amide bonds. The van der Waals surface area contributed by atoms with Crippen molar-refractivity contribution in [3.63, 3.8) is 0 Å². The standard InChI is InChI=1S/C69H134O17P2/c1-9-61(7)47-39-31-24-27-34-42-50-67(72)80-56-65(86-69(74)52-44-36-28-25-32-40-48-62(8)10-2)58-84-88(77,78)82-54-63(70)53-81-87(75,76)83-57-64(55-79-66(71)49-41-33-26-23-30-38-46-60(5)6)85-68(73)51-43-35-22-20-18-16-14-12-11-13-15-17-19-21-29-37-45-59(3)4/h59-65,70H,9-58H2,1-8H3,(H,75,76)(H,77,78)/t61?,62?,63-,64-,65-/m1/s1. The van der Waals surface area contributed by atoms with E-state index in [-0.39, 0.29) is 25.7 Å². The minimum Gasteiger partial charge on any atom is -0.462 e. The number of ether oxygens (including phenoxy) is 4. The van der Waals surface area contributed by atoms with Crippen molar-refractivity contribution in [3.05, 3.63) is 0 Å². The Hall–Kier alpha value is -1.94. The van der Waals surface area contributed by atoms with Gasteiger partial charge in [0.25, 0.3) is 0 Å². The van der Waals surface area contributed by atoms with Crippen molar-refractivity contribution in [3.8, 4) is 0 Å². The lowest BCUT2D eigenvalue weighted by molar-refractivity contribution is -0.161. The molecule has 17 nitrogen and oxygen atoms in total. The number of hydrogen-bond acceptors (Lipinski definition) is 15. The molecule has 19 heteroatoms. The first kappa shape index (κ1) is 86.1. The molecule has 0 bridgehead atoms. The van der Waals surface area contributed by atoms with Crippen LogP contribution in [0.1, 0.15) is 338 Å². The lowest BCUT2D eigenvalue weighted by Crippen LogP contribution is -2.30. The summed E-state index contributed by atoms with van der Waals surface area (Å²) in [5.41, 5.74) is 0. The predicted octanol–water partition coefficient (Wildman–Crippen LogP) is 19.3. The van der Waals surface area contributed by atoms with E-state index >= 15 is 0 Å². The average Bonchev–Trinajstić information content (AvgIpc) is 3.62. The maximum atomic E-state index is 13.0. The Balaban J connectivity index is 5.18. The highest BCUT2D eigenvalue weighted by atomic mass is 31.2. The molecule has 0 aliphatic rings. The van der Waals surface area contributed by atoms with Crippen LogP contribution in [0.2, 0.25) is 0 Å². The molecular weight excluding hydrogens is 1160 g/mol. The number of aliphatic hydroxyl groups excluding tert-OH is 1. The van der Waals surface area contributed by atoms with Crippen molar-refractivity contribution < 1.29 is 80.2 Å². The van der Waals surface area contributed by atoms with Crippen LogP contribution in [0, 0.1) is 23.7 Å². The Morgan fingerprint density at radius 3 is 0.807 bits per heavy atom. The van der Waals surface area contributed by atoms with Crippen LogP contribution < -0.4 is 0 Å². The van der Waals surface area contributed by atoms with Gasteiger partial charge >= 0.3 is 39.5 Å². The quantitative estimate of drug-likeness (QED) is 0.0222. The molecule has 0 aliphatic heterocycles. The molecule has 0 rings (SSSR count). The van der Waals surface area contributed by atoms with Crippen LogP contribution in [0.4, 0.5) is 0 Å². The van der Waals surface area contributed by atoms with Gasteiger partial charge in [-0.3, -0.25) is 37.3 Å². The summed E-state index contributed by atoms with van der Waals surface area (Å²) < 4.78 is 68.1. The van der Waals surface area contributed by atoms with E-state index in [1.807, 2.05) is 0 Å². The second kappa shape index (κ2) is 58.8. The minimum absolute atomic E-state index is 0.101. The fourth-order valence-electron chi connectivity index (χ4n) is 10.2. The number of carbonyl (C=O) groups excluding carboxylic acids is 4. The van der Waals surface area contributed by atoms with Crippen molar-refractivity contribution in [2.45, 2.75) is 356 Å². The number of hydrogen-bond donors (Lipinski definition) is 3. The smallest absolute Gasteiger partial charge is 0.462 e. The van der Waals surface area contributed by atoms with E-state index in [0.29, 0.717) is 31.6 Å². The Morgan fingerprint density at radius 1 is 0.318 bits per heavy atom. The summed E-state index contributed by atoms with van der Waals surface area (Å²) in [6.07, 6.45) is 40.6. The third-order valence-corrected chi connectivity index (χ3v) is 18.4. The summed E-state index contributed by atoms with van der Waals surface area (Å²) >= 11 is 0. The first-order valence-electron chi connectivity index (χ1n) is 35.8. The molecule has 0 aromatic heterocycles. The Kier molecular flexibility index (Phi) is 57.6. The molecule has 0 saturated heterocycles. The summed E-state index contributed by atoms with van der Waals surface area (Å²) in [7, 11) is -9.90. The number of phosphoric acid groups is 2. The molecule has 0 heterocycles. The van der Waals surface area contributed by atoms with Gasteiger partial charge in [0.15, 0.2) is 12.2 Å². The topological polar surface area (TPSA) is 237 Å². The number of esters is 4. The third-order valence-electron chi connectivity index (χ3n) is 16.5. The number of aliphatic hydroxyl groups is 1. The molecule has 0 aliphatic carbocycles. The molecular formula is C69H134O17P2. The number of phosphoric ester groups is 2. The van der Waals surface area contributed by atoms with Gasteiger partial charge in [0.2, 0.25) is 0 Å². The van der Waals surface area contributed by atoms with Gasteiger partial charge in [-0.25, -0.2) is 9.13 Å². The maximum absolute atomic E-state index is 13.0. The van der Waals surface area contributed by atoms with Gasteiger partial charge in [0.05, 0.1) is 26.4 Å². The van der Waals surface area contributed by atoms with Gasteiger partial charge in [0, 0.05) is 25.7 Å². The molecule has 0 saturated carbocycles. The average molecular weight is 1300 g/mol. The summed E-state index contributed by atoms with van der Waals surface area (Å²) in [4.78, 5) is 72.4. The Bertz CT molecular complexity index is 1750. The molecule has 0 radical (unpaired) electrons. The van der Waals surface area contributed by atoms with Crippen LogP contribution in [-0.2, 0) is 65.4 Å². The summed E-state index contributed by atoms with van der Waals surface area (Å²) in [6, 6.07) is 0. The monoisotopic (exact) mass is 1300 g/mol. The van der Waals surface area contributed by atoms with Crippen LogP contribution in [0.25, 0.3) is 0 Å². The Morgan fingerprint density at radius 2 is 0.545 bits per heavy atom. The van der Waals surface area contributed by atoms with Crippen LogP contribution in [0.15, 0.2) is 0 Å². The van der Waals surface area contributed by atoms with Gasteiger partial charge < -0.3 is 33.8 Å². The lowest BCUT2D eigenvalue weighted by atomic mass is 10.00. The van der Waals surface area contributed by atoms with E-state index in [9.17, 15) is 43.2 Å². The maximum Gasteiger partial charge on any atom is 0.472 e. The zero-order valence-electron chi connectivity index (χ0n) is 57.3. The van der Waals surface area contributed by atoms with E-state index in [2.05, 4.69) is 55.4 Å². The van der Waals surface area contributed by atoms with Gasteiger partial charge in [-0.05, 0) is 49.4 Å². The van der Waals surface area contributed by atoms with Crippen LogP contribution >= 0.6 is 15.6 Å². The highest BCUT2D eigenvalue weighted by Gasteiger charge is 2.30. The summed E-state index contributed by atoms with van der Waals surface area (Å²) in [6.45, 7) is 14.0. The molecule has 3 N–H and O–H groups in total. The largest absolute Gasteiger partial charge is 0.472 e.